The molecule has 0 unspecified atom stereocenters. The topological polar surface area (TPSA) is 0 Å². The Labute approximate surface area is 114 Å². The van der Waals surface area contributed by atoms with Gasteiger partial charge in [-0.3, -0.25) is 0 Å². The number of rotatable bonds is 4. The monoisotopic (exact) mass is 280 g/mol. The average Bonchev–Trinajstić information content (AvgIpc) is 2.31. The van der Waals surface area contributed by atoms with E-state index in [-0.39, 0.29) is 17.1 Å². The molecule has 0 aliphatic carbocycles. The Morgan fingerprint density at radius 1 is 1.00 bits per heavy atom. The van der Waals surface area contributed by atoms with Crippen molar-refractivity contribution in [2.75, 3.05) is 0 Å². The molecule has 0 nitrogen and oxygen atoms in total. The summed E-state index contributed by atoms with van der Waals surface area (Å²) < 4.78 is 0. The Bertz CT molecular complexity index is 332. The van der Waals surface area contributed by atoms with E-state index in [0.717, 1.165) is 11.1 Å². The first-order valence-corrected chi connectivity index (χ1v) is 10.6. The molecule has 0 aliphatic heterocycles. The van der Waals surface area contributed by atoms with E-state index in [0.29, 0.717) is 0 Å². The van der Waals surface area contributed by atoms with E-state index in [1.807, 2.05) is 19.9 Å². The molecule has 0 heterocycles. The summed E-state index contributed by atoms with van der Waals surface area (Å²) in [4.78, 5) is 0. The first-order valence-electron chi connectivity index (χ1n) is 6.44. The Kier molecular flexibility index (Phi) is 8.99. The van der Waals surface area contributed by atoms with Crippen molar-refractivity contribution >= 4 is 11.1 Å². The van der Waals surface area contributed by atoms with Gasteiger partial charge in [0.05, 0.1) is 0 Å². The minimum atomic E-state index is 0.0972. The molecule has 0 aliphatic rings. The molecule has 1 rings (SSSR count). The van der Waals surface area contributed by atoms with Crippen LogP contribution in [0.4, 0.5) is 0 Å². The normalized spacial score (nSPS) is 8.71. The van der Waals surface area contributed by atoms with Gasteiger partial charge in [0, 0.05) is 0 Å². The van der Waals surface area contributed by atoms with Gasteiger partial charge in [-0.2, -0.15) is 0 Å². The summed E-state index contributed by atoms with van der Waals surface area (Å²) in [5.74, 6) is 0. The maximum absolute atomic E-state index is 3.90. The van der Waals surface area contributed by atoms with E-state index < -0.39 is 0 Å². The van der Waals surface area contributed by atoms with Gasteiger partial charge < -0.3 is 0 Å². The fourth-order valence-corrected chi connectivity index (χ4v) is 2.89. The van der Waals surface area contributed by atoms with Gasteiger partial charge in [0.1, 0.15) is 0 Å². The van der Waals surface area contributed by atoms with Crippen LogP contribution in [0.1, 0.15) is 38.8 Å². The summed E-state index contributed by atoms with van der Waals surface area (Å²) >= 11 is 0.0972. The maximum atomic E-state index is 3.90. The number of hydrogen-bond acceptors (Lipinski definition) is 0. The summed E-state index contributed by atoms with van der Waals surface area (Å²) in [6, 6.07) is 8.28. The molecule has 0 aromatic heterocycles. The zero-order valence-corrected chi connectivity index (χ0v) is 14.8. The van der Waals surface area contributed by atoms with E-state index in [9.17, 15) is 0 Å². The van der Waals surface area contributed by atoms with Gasteiger partial charge in [-0.05, 0) is 31.0 Å². The van der Waals surface area contributed by atoms with Crippen molar-refractivity contribution in [1.82, 2.24) is 0 Å². The second-order valence-electron chi connectivity index (χ2n) is 4.50. The SMILES string of the molecule is C=C(C)c1cccc(C(=C)C)c1.C[CH2][Zn][CH2]C. The summed E-state index contributed by atoms with van der Waals surface area (Å²) in [5, 5.41) is 3.06. The number of hydrogen-bond donors (Lipinski definition) is 0. The third kappa shape index (κ3) is 7.28. The van der Waals surface area contributed by atoms with Gasteiger partial charge in [-0.15, -0.1) is 0 Å². The fraction of sp³-hybridized carbons (Fsp3) is 0.375. The van der Waals surface area contributed by atoms with E-state index in [1.54, 1.807) is 0 Å². The Balaban J connectivity index is 0.000000437. The fourth-order valence-electron chi connectivity index (χ4n) is 1.40. The van der Waals surface area contributed by atoms with Crippen molar-refractivity contribution in [2.45, 2.75) is 37.7 Å². The number of allylic oxidation sites excluding steroid dienone is 2. The van der Waals surface area contributed by atoms with Gasteiger partial charge in [0.15, 0.2) is 0 Å². The standard InChI is InChI=1S/C12H14.2C2H5.Zn/c1-9(2)11-6-5-7-12(8-11)10(3)4;2*1-2;/h5-8H,1,3H2,2,4H3;2*1H2,2H3;. The first kappa shape index (κ1) is 16.3. The van der Waals surface area contributed by atoms with Crippen LogP contribution in [-0.4, -0.2) is 0 Å². The van der Waals surface area contributed by atoms with Crippen molar-refractivity contribution in [1.29, 1.82) is 0 Å². The van der Waals surface area contributed by atoms with Crippen LogP contribution in [0.5, 0.6) is 0 Å². The van der Waals surface area contributed by atoms with Gasteiger partial charge in [-0.1, -0.05) is 42.5 Å². The summed E-state index contributed by atoms with van der Waals surface area (Å²) in [5.41, 5.74) is 4.57. The third-order valence-electron chi connectivity index (χ3n) is 2.56. The molecule has 0 fully saturated rings. The number of benzene rings is 1. The molecule has 0 atom stereocenters. The molecule has 0 bridgehead atoms. The van der Waals surface area contributed by atoms with Crippen molar-refractivity contribution in [2.24, 2.45) is 0 Å². The summed E-state index contributed by atoms with van der Waals surface area (Å²) in [6.07, 6.45) is 0. The Morgan fingerprint density at radius 2 is 1.41 bits per heavy atom. The molecular formula is C16H24Zn. The van der Waals surface area contributed by atoms with Crippen LogP contribution in [-0.2, 0) is 17.1 Å². The van der Waals surface area contributed by atoms with Crippen LogP contribution in [0, 0.1) is 0 Å². The second kappa shape index (κ2) is 9.36. The predicted octanol–water partition coefficient (Wildman–Crippen LogP) is 5.70. The Morgan fingerprint density at radius 3 is 1.65 bits per heavy atom. The van der Waals surface area contributed by atoms with Crippen LogP contribution in [0.25, 0.3) is 11.1 Å². The average molecular weight is 282 g/mol. The quantitative estimate of drug-likeness (QED) is 0.621. The molecular weight excluding hydrogens is 258 g/mol. The second-order valence-corrected chi connectivity index (χ2v) is 10.2. The molecule has 0 N–H and O–H groups in total. The molecule has 0 saturated carbocycles. The van der Waals surface area contributed by atoms with E-state index >= 15 is 0 Å². The van der Waals surface area contributed by atoms with E-state index in [2.05, 4.69) is 45.2 Å². The predicted molar refractivity (Wildman–Crippen MR) is 76.8 cm³/mol. The van der Waals surface area contributed by atoms with Crippen LogP contribution < -0.4 is 0 Å². The molecule has 0 radical (unpaired) electrons. The minimum absolute atomic E-state index is 0.0972. The zero-order chi connectivity index (χ0) is 13.3. The van der Waals surface area contributed by atoms with Crippen LogP contribution >= 0.6 is 0 Å². The van der Waals surface area contributed by atoms with Crippen LogP contribution in [0.3, 0.4) is 0 Å². The van der Waals surface area contributed by atoms with Gasteiger partial charge in [0.25, 0.3) is 0 Å². The third-order valence-corrected chi connectivity index (χ3v) is 5.52. The zero-order valence-electron chi connectivity index (χ0n) is 11.8. The van der Waals surface area contributed by atoms with Crippen LogP contribution in [0.15, 0.2) is 37.4 Å². The molecule has 0 spiro atoms. The Hall–Kier alpha value is -0.677. The van der Waals surface area contributed by atoms with Crippen molar-refractivity contribution in [3.05, 3.63) is 48.6 Å². The first-order chi connectivity index (χ1) is 8.02. The molecule has 90 valence electrons. The van der Waals surface area contributed by atoms with E-state index in [4.69, 9.17) is 0 Å². The molecule has 1 aromatic carbocycles. The van der Waals surface area contributed by atoms with Gasteiger partial charge in [0.2, 0.25) is 0 Å². The molecule has 0 saturated heterocycles. The van der Waals surface area contributed by atoms with Crippen molar-refractivity contribution in [3.63, 3.8) is 0 Å². The molecule has 1 aromatic rings. The van der Waals surface area contributed by atoms with Crippen LogP contribution in [0.2, 0.25) is 10.0 Å². The van der Waals surface area contributed by atoms with Gasteiger partial charge in [-0.25, -0.2) is 0 Å². The van der Waals surface area contributed by atoms with Crippen molar-refractivity contribution < 1.29 is 17.1 Å². The molecule has 17 heavy (non-hydrogen) atoms. The molecule has 0 amide bonds. The molecule has 1 heteroatoms. The summed E-state index contributed by atoms with van der Waals surface area (Å²) in [7, 11) is 0. The summed E-state index contributed by atoms with van der Waals surface area (Å²) in [6.45, 7) is 16.4. The van der Waals surface area contributed by atoms with Crippen molar-refractivity contribution in [3.8, 4) is 0 Å². The van der Waals surface area contributed by atoms with E-state index in [1.165, 1.54) is 21.2 Å². The van der Waals surface area contributed by atoms with Gasteiger partial charge >= 0.3 is 41.0 Å².